The molecule has 2 N–H and O–H groups in total. The van der Waals surface area contributed by atoms with E-state index < -0.39 is 0 Å². The maximum atomic E-state index is 12.4. The molecule has 0 aromatic heterocycles. The standard InChI is InChI=1S/C16H16N2O2/c1-20-15-5-3-2-4-12(15)10-18-9-11-6-7-13(17)8-14(11)16(18)19/h2-8H,9-10,17H2,1H3. The predicted octanol–water partition coefficient (Wildman–Crippen LogP) is 2.43. The van der Waals surface area contributed by atoms with E-state index >= 15 is 0 Å². The highest BCUT2D eigenvalue weighted by molar-refractivity contribution is 5.99. The molecule has 0 spiro atoms. The maximum Gasteiger partial charge on any atom is 0.254 e. The number of fused-ring (bicyclic) bond motifs is 1. The summed E-state index contributed by atoms with van der Waals surface area (Å²) < 4.78 is 5.33. The Labute approximate surface area is 117 Å². The molecule has 0 radical (unpaired) electrons. The fourth-order valence-corrected chi connectivity index (χ4v) is 2.55. The number of nitrogens with zero attached hydrogens (tertiary/aromatic N) is 1. The summed E-state index contributed by atoms with van der Waals surface area (Å²) in [5, 5.41) is 0. The van der Waals surface area contributed by atoms with Gasteiger partial charge in [0.15, 0.2) is 0 Å². The van der Waals surface area contributed by atoms with Crippen LogP contribution >= 0.6 is 0 Å². The highest BCUT2D eigenvalue weighted by Crippen LogP contribution is 2.28. The van der Waals surface area contributed by atoms with Crippen molar-refractivity contribution in [2.75, 3.05) is 12.8 Å². The van der Waals surface area contributed by atoms with Crippen LogP contribution in [0.4, 0.5) is 5.69 Å². The first kappa shape index (κ1) is 12.5. The average molecular weight is 268 g/mol. The van der Waals surface area contributed by atoms with Gasteiger partial charge in [0.05, 0.1) is 7.11 Å². The number of carbonyl (C=O) groups is 1. The molecule has 0 atom stereocenters. The van der Waals surface area contributed by atoms with Crippen LogP contribution in [-0.2, 0) is 13.1 Å². The van der Waals surface area contributed by atoms with Gasteiger partial charge in [-0.1, -0.05) is 24.3 Å². The molecular weight excluding hydrogens is 252 g/mol. The van der Waals surface area contributed by atoms with Gasteiger partial charge in [-0.05, 0) is 23.8 Å². The van der Waals surface area contributed by atoms with E-state index in [0.717, 1.165) is 16.9 Å². The van der Waals surface area contributed by atoms with Crippen molar-refractivity contribution in [2.45, 2.75) is 13.1 Å². The molecule has 102 valence electrons. The van der Waals surface area contributed by atoms with Gasteiger partial charge in [0.2, 0.25) is 0 Å². The Balaban J connectivity index is 1.86. The number of methoxy groups -OCH3 is 1. The lowest BCUT2D eigenvalue weighted by Gasteiger charge is -2.17. The van der Waals surface area contributed by atoms with Crippen LogP contribution in [0.2, 0.25) is 0 Å². The van der Waals surface area contributed by atoms with Crippen LogP contribution in [0, 0.1) is 0 Å². The molecule has 4 heteroatoms. The van der Waals surface area contributed by atoms with Crippen LogP contribution in [-0.4, -0.2) is 17.9 Å². The lowest BCUT2D eigenvalue weighted by atomic mass is 10.1. The monoisotopic (exact) mass is 268 g/mol. The molecule has 20 heavy (non-hydrogen) atoms. The second kappa shape index (κ2) is 4.89. The van der Waals surface area contributed by atoms with Gasteiger partial charge >= 0.3 is 0 Å². The molecule has 2 aromatic rings. The van der Waals surface area contributed by atoms with E-state index in [2.05, 4.69) is 0 Å². The first-order valence-electron chi connectivity index (χ1n) is 6.48. The van der Waals surface area contributed by atoms with Crippen molar-refractivity contribution in [3.8, 4) is 5.75 Å². The van der Waals surface area contributed by atoms with Gasteiger partial charge in [0.1, 0.15) is 5.75 Å². The molecule has 4 nitrogen and oxygen atoms in total. The number of nitrogens with two attached hydrogens (primary N) is 1. The third-order valence-corrected chi connectivity index (χ3v) is 3.57. The second-order valence-electron chi connectivity index (χ2n) is 4.89. The molecule has 0 saturated heterocycles. The summed E-state index contributed by atoms with van der Waals surface area (Å²) in [5.74, 6) is 0.828. The van der Waals surface area contributed by atoms with Crippen molar-refractivity contribution in [2.24, 2.45) is 0 Å². The fraction of sp³-hybridized carbons (Fsp3) is 0.188. The summed E-state index contributed by atoms with van der Waals surface area (Å²) in [6, 6.07) is 13.3. The largest absolute Gasteiger partial charge is 0.496 e. The molecule has 0 bridgehead atoms. The molecular formula is C16H16N2O2. The van der Waals surface area contributed by atoms with Crippen molar-refractivity contribution in [1.82, 2.24) is 4.90 Å². The molecule has 1 amide bonds. The highest BCUT2D eigenvalue weighted by Gasteiger charge is 2.27. The molecule has 0 aliphatic carbocycles. The van der Waals surface area contributed by atoms with Crippen LogP contribution in [0.1, 0.15) is 21.5 Å². The smallest absolute Gasteiger partial charge is 0.254 e. The van der Waals surface area contributed by atoms with E-state index in [0.29, 0.717) is 24.3 Å². The van der Waals surface area contributed by atoms with Gasteiger partial charge in [-0.25, -0.2) is 0 Å². The predicted molar refractivity (Wildman–Crippen MR) is 77.4 cm³/mol. The zero-order valence-corrected chi connectivity index (χ0v) is 11.3. The minimum Gasteiger partial charge on any atom is -0.496 e. The lowest BCUT2D eigenvalue weighted by Crippen LogP contribution is -2.23. The number of carbonyl (C=O) groups excluding carboxylic acids is 1. The Morgan fingerprint density at radius 2 is 2.05 bits per heavy atom. The lowest BCUT2D eigenvalue weighted by molar-refractivity contribution is 0.0765. The third-order valence-electron chi connectivity index (χ3n) is 3.57. The minimum atomic E-state index is 0.0261. The Kier molecular flexibility index (Phi) is 3.06. The summed E-state index contributed by atoms with van der Waals surface area (Å²) >= 11 is 0. The van der Waals surface area contributed by atoms with Crippen molar-refractivity contribution >= 4 is 11.6 Å². The summed E-state index contributed by atoms with van der Waals surface area (Å²) in [4.78, 5) is 14.2. The number of hydrogen-bond acceptors (Lipinski definition) is 3. The molecule has 3 rings (SSSR count). The summed E-state index contributed by atoms with van der Waals surface area (Å²) in [5.41, 5.74) is 9.11. The van der Waals surface area contributed by atoms with Gasteiger partial charge in [0, 0.05) is 29.9 Å². The number of amides is 1. The first-order valence-corrected chi connectivity index (χ1v) is 6.48. The van der Waals surface area contributed by atoms with Crippen LogP contribution < -0.4 is 10.5 Å². The number of hydrogen-bond donors (Lipinski definition) is 1. The number of ether oxygens (including phenoxy) is 1. The quantitative estimate of drug-likeness (QED) is 0.870. The Bertz CT molecular complexity index is 667. The number of benzene rings is 2. The van der Waals surface area contributed by atoms with Crippen molar-refractivity contribution in [3.05, 3.63) is 59.2 Å². The van der Waals surface area contributed by atoms with Gasteiger partial charge in [0.25, 0.3) is 5.91 Å². The van der Waals surface area contributed by atoms with E-state index in [9.17, 15) is 4.79 Å². The van der Waals surface area contributed by atoms with Crippen molar-refractivity contribution in [3.63, 3.8) is 0 Å². The van der Waals surface area contributed by atoms with Gasteiger partial charge in [-0.3, -0.25) is 4.79 Å². The second-order valence-corrected chi connectivity index (χ2v) is 4.89. The summed E-state index contributed by atoms with van der Waals surface area (Å²) in [6.07, 6.45) is 0. The van der Waals surface area contributed by atoms with E-state index in [1.165, 1.54) is 0 Å². The van der Waals surface area contributed by atoms with Gasteiger partial charge in [-0.2, -0.15) is 0 Å². The van der Waals surface area contributed by atoms with Crippen LogP contribution in [0.25, 0.3) is 0 Å². The molecule has 1 aliphatic rings. The molecule has 2 aromatic carbocycles. The number of para-hydroxylation sites is 1. The minimum absolute atomic E-state index is 0.0261. The van der Waals surface area contributed by atoms with Crippen LogP contribution in [0.3, 0.4) is 0 Å². The van der Waals surface area contributed by atoms with Crippen molar-refractivity contribution < 1.29 is 9.53 Å². The Morgan fingerprint density at radius 1 is 1.25 bits per heavy atom. The molecule has 0 fully saturated rings. The third kappa shape index (κ3) is 2.09. The molecule has 1 aliphatic heterocycles. The zero-order chi connectivity index (χ0) is 14.1. The van der Waals surface area contributed by atoms with E-state index in [1.54, 1.807) is 13.2 Å². The Hall–Kier alpha value is -2.49. The molecule has 0 saturated carbocycles. The van der Waals surface area contributed by atoms with E-state index in [1.807, 2.05) is 41.3 Å². The first-order chi connectivity index (χ1) is 9.69. The SMILES string of the molecule is COc1ccccc1CN1Cc2ccc(N)cc2C1=O. The number of rotatable bonds is 3. The maximum absolute atomic E-state index is 12.4. The highest BCUT2D eigenvalue weighted by atomic mass is 16.5. The zero-order valence-electron chi connectivity index (χ0n) is 11.3. The number of anilines is 1. The average Bonchev–Trinajstić information content (AvgIpc) is 2.76. The topological polar surface area (TPSA) is 55.6 Å². The normalized spacial score (nSPS) is 13.4. The van der Waals surface area contributed by atoms with Gasteiger partial charge in [-0.15, -0.1) is 0 Å². The van der Waals surface area contributed by atoms with E-state index in [-0.39, 0.29) is 5.91 Å². The van der Waals surface area contributed by atoms with Gasteiger partial charge < -0.3 is 15.4 Å². The van der Waals surface area contributed by atoms with Crippen LogP contribution in [0.15, 0.2) is 42.5 Å². The summed E-state index contributed by atoms with van der Waals surface area (Å²) in [7, 11) is 1.64. The van der Waals surface area contributed by atoms with E-state index in [4.69, 9.17) is 10.5 Å². The fourth-order valence-electron chi connectivity index (χ4n) is 2.55. The number of nitrogen functional groups attached to an aromatic ring is 1. The van der Waals surface area contributed by atoms with Crippen LogP contribution in [0.5, 0.6) is 5.75 Å². The summed E-state index contributed by atoms with van der Waals surface area (Å²) in [6.45, 7) is 1.16. The molecule has 1 heterocycles. The van der Waals surface area contributed by atoms with Crippen molar-refractivity contribution in [1.29, 1.82) is 0 Å². The molecule has 0 unspecified atom stereocenters. The Morgan fingerprint density at radius 3 is 2.85 bits per heavy atom.